The number of nitrogens with one attached hydrogen (secondary N) is 1. The fourth-order valence-electron chi connectivity index (χ4n) is 2.96. The molecule has 0 radical (unpaired) electrons. The zero-order chi connectivity index (χ0) is 14.5. The molecule has 1 heterocycles. The van der Waals surface area contributed by atoms with Crippen LogP contribution in [0.4, 0.5) is 18.9 Å². The van der Waals surface area contributed by atoms with Crippen LogP contribution < -0.4 is 5.32 Å². The van der Waals surface area contributed by atoms with Gasteiger partial charge in [-0.15, -0.1) is 0 Å². The average molecular weight is 279 g/mol. The maximum atomic E-state index is 12.8. The molecule has 0 amide bonds. The van der Waals surface area contributed by atoms with Crippen molar-refractivity contribution in [3.8, 4) is 0 Å². The molecule has 1 unspecified atom stereocenters. The normalized spacial score (nSPS) is 23.4. The Kier molecular flexibility index (Phi) is 2.75. The Morgan fingerprint density at radius 3 is 2.70 bits per heavy atom. The van der Waals surface area contributed by atoms with Crippen LogP contribution in [0.25, 0.3) is 0 Å². The average Bonchev–Trinajstić information content (AvgIpc) is 2.35. The summed E-state index contributed by atoms with van der Waals surface area (Å²) in [4.78, 5) is 0. The van der Waals surface area contributed by atoms with Gasteiger partial charge in [0.05, 0.1) is 11.6 Å². The summed E-state index contributed by atoms with van der Waals surface area (Å²) in [5.74, 6) is 0. The van der Waals surface area contributed by atoms with E-state index in [9.17, 15) is 13.2 Å². The molecule has 1 nitrogen and oxygen atoms in total. The molecule has 0 spiro atoms. The second-order valence-corrected chi connectivity index (χ2v) is 6.05. The third-order valence-corrected chi connectivity index (χ3v) is 4.08. The molecule has 1 N–H and O–H groups in total. The summed E-state index contributed by atoms with van der Waals surface area (Å²) in [5.41, 5.74) is 2.05. The van der Waals surface area contributed by atoms with Crippen molar-refractivity contribution in [2.24, 2.45) is 5.41 Å². The van der Waals surface area contributed by atoms with Crippen molar-refractivity contribution in [2.75, 3.05) is 5.32 Å². The molecule has 0 saturated heterocycles. The summed E-state index contributed by atoms with van der Waals surface area (Å²) in [7, 11) is 0. The molecule has 1 aliphatic heterocycles. The maximum Gasteiger partial charge on any atom is 0.416 e. The first-order valence-corrected chi connectivity index (χ1v) is 6.62. The summed E-state index contributed by atoms with van der Waals surface area (Å²) < 4.78 is 38.3. The molecular formula is C16H16F3N. The molecule has 0 aromatic heterocycles. The van der Waals surface area contributed by atoms with Gasteiger partial charge in [0.1, 0.15) is 0 Å². The minimum Gasteiger partial charge on any atom is -0.377 e. The molecule has 1 aromatic rings. The van der Waals surface area contributed by atoms with E-state index in [4.69, 9.17) is 0 Å². The van der Waals surface area contributed by atoms with Gasteiger partial charge in [-0.3, -0.25) is 0 Å². The Bertz CT molecular complexity index is 609. The van der Waals surface area contributed by atoms with Crippen LogP contribution in [0.1, 0.15) is 25.0 Å². The fourth-order valence-corrected chi connectivity index (χ4v) is 2.96. The molecule has 3 rings (SSSR count). The van der Waals surface area contributed by atoms with E-state index in [2.05, 4.69) is 25.2 Å². The Morgan fingerprint density at radius 2 is 2.00 bits per heavy atom. The van der Waals surface area contributed by atoms with Gasteiger partial charge in [-0.05, 0) is 35.8 Å². The van der Waals surface area contributed by atoms with Crippen molar-refractivity contribution in [1.82, 2.24) is 0 Å². The molecule has 0 bridgehead atoms. The van der Waals surface area contributed by atoms with Crippen molar-refractivity contribution in [3.63, 3.8) is 0 Å². The molecule has 0 fully saturated rings. The van der Waals surface area contributed by atoms with E-state index in [0.29, 0.717) is 12.0 Å². The molecule has 1 aliphatic carbocycles. The number of rotatable bonds is 0. The van der Waals surface area contributed by atoms with Gasteiger partial charge in [0.25, 0.3) is 0 Å². The van der Waals surface area contributed by atoms with Crippen LogP contribution in [0.3, 0.4) is 0 Å². The van der Waals surface area contributed by atoms with Crippen molar-refractivity contribution >= 4 is 5.69 Å². The number of benzene rings is 1. The molecule has 20 heavy (non-hydrogen) atoms. The lowest BCUT2D eigenvalue weighted by atomic mass is 9.73. The van der Waals surface area contributed by atoms with Crippen LogP contribution in [-0.2, 0) is 12.6 Å². The van der Waals surface area contributed by atoms with Crippen molar-refractivity contribution < 1.29 is 13.2 Å². The van der Waals surface area contributed by atoms with E-state index < -0.39 is 11.7 Å². The topological polar surface area (TPSA) is 12.0 Å². The first kappa shape index (κ1) is 13.3. The first-order chi connectivity index (χ1) is 9.27. The van der Waals surface area contributed by atoms with Gasteiger partial charge in [-0.2, -0.15) is 13.2 Å². The molecule has 4 heteroatoms. The summed E-state index contributed by atoms with van der Waals surface area (Å²) in [5, 5.41) is 3.38. The zero-order valence-electron chi connectivity index (χ0n) is 11.4. The standard InChI is InChI=1S/C16H16F3N/c1-15(2)7-3-4-10-8-11-9-12(16(17,18)19)5-6-13(11)20-14(10)15/h3-7,9,14,20H,8H2,1-2H3. The van der Waals surface area contributed by atoms with E-state index in [1.807, 2.05) is 12.2 Å². The van der Waals surface area contributed by atoms with Gasteiger partial charge in [0, 0.05) is 11.1 Å². The second-order valence-electron chi connectivity index (χ2n) is 6.05. The molecule has 1 atom stereocenters. The number of halogens is 3. The minimum absolute atomic E-state index is 0.0372. The maximum absolute atomic E-state index is 12.8. The van der Waals surface area contributed by atoms with Gasteiger partial charge in [0.2, 0.25) is 0 Å². The first-order valence-electron chi connectivity index (χ1n) is 6.62. The van der Waals surface area contributed by atoms with Crippen LogP contribution >= 0.6 is 0 Å². The molecule has 2 aliphatic rings. The van der Waals surface area contributed by atoms with Crippen molar-refractivity contribution in [2.45, 2.75) is 32.5 Å². The highest BCUT2D eigenvalue weighted by molar-refractivity contribution is 5.61. The summed E-state index contributed by atoms with van der Waals surface area (Å²) in [6.07, 6.45) is 2.41. The van der Waals surface area contributed by atoms with Gasteiger partial charge in [0.15, 0.2) is 0 Å². The predicted octanol–water partition coefficient (Wildman–Crippen LogP) is 4.56. The Morgan fingerprint density at radius 1 is 1.25 bits per heavy atom. The van der Waals surface area contributed by atoms with Crippen LogP contribution in [0.5, 0.6) is 0 Å². The second kappa shape index (κ2) is 4.14. The highest BCUT2D eigenvalue weighted by Crippen LogP contribution is 2.41. The van der Waals surface area contributed by atoms with E-state index in [0.717, 1.165) is 17.3 Å². The van der Waals surface area contributed by atoms with Crippen molar-refractivity contribution in [3.05, 3.63) is 53.1 Å². The molecule has 106 valence electrons. The molecule has 1 aromatic carbocycles. The molecular weight excluding hydrogens is 263 g/mol. The fraction of sp³-hybridized carbons (Fsp3) is 0.375. The largest absolute Gasteiger partial charge is 0.416 e. The summed E-state index contributed by atoms with van der Waals surface area (Å²) in [6, 6.07) is 4.09. The highest BCUT2D eigenvalue weighted by Gasteiger charge is 2.36. The van der Waals surface area contributed by atoms with Crippen LogP contribution in [0, 0.1) is 5.41 Å². The molecule has 0 saturated carbocycles. The lowest BCUT2D eigenvalue weighted by Crippen LogP contribution is -2.41. The number of fused-ring (bicyclic) bond motifs is 2. The number of hydrogen-bond acceptors (Lipinski definition) is 1. The SMILES string of the molecule is CC1(C)C=CC=C2Cc3cc(C(F)(F)F)ccc3NC21. The zero-order valence-corrected chi connectivity index (χ0v) is 11.4. The predicted molar refractivity (Wildman–Crippen MR) is 73.6 cm³/mol. The van der Waals surface area contributed by atoms with Crippen LogP contribution in [0.2, 0.25) is 0 Å². The number of hydrogen-bond donors (Lipinski definition) is 1. The number of allylic oxidation sites excluding steroid dienone is 2. The van der Waals surface area contributed by atoms with Crippen LogP contribution in [0.15, 0.2) is 42.0 Å². The van der Waals surface area contributed by atoms with Gasteiger partial charge in [-0.1, -0.05) is 32.1 Å². The summed E-state index contributed by atoms with van der Waals surface area (Å²) in [6.45, 7) is 4.26. The van der Waals surface area contributed by atoms with Gasteiger partial charge < -0.3 is 5.32 Å². The third-order valence-electron chi connectivity index (χ3n) is 4.08. The third kappa shape index (κ3) is 2.13. The van der Waals surface area contributed by atoms with E-state index in [-0.39, 0.29) is 11.5 Å². The number of alkyl halides is 3. The van der Waals surface area contributed by atoms with Gasteiger partial charge >= 0.3 is 6.18 Å². The quantitative estimate of drug-likeness (QED) is 0.734. The number of anilines is 1. The van der Waals surface area contributed by atoms with Crippen LogP contribution in [-0.4, -0.2) is 6.04 Å². The Labute approximate surface area is 116 Å². The van der Waals surface area contributed by atoms with E-state index in [1.165, 1.54) is 6.07 Å². The lowest BCUT2D eigenvalue weighted by Gasteiger charge is -2.41. The minimum atomic E-state index is -4.29. The highest BCUT2D eigenvalue weighted by atomic mass is 19.4. The smallest absolute Gasteiger partial charge is 0.377 e. The van der Waals surface area contributed by atoms with E-state index >= 15 is 0 Å². The Hall–Kier alpha value is -1.71. The monoisotopic (exact) mass is 279 g/mol. The Balaban J connectivity index is 2.01. The van der Waals surface area contributed by atoms with Crippen molar-refractivity contribution in [1.29, 1.82) is 0 Å². The van der Waals surface area contributed by atoms with Gasteiger partial charge in [-0.25, -0.2) is 0 Å². The van der Waals surface area contributed by atoms with E-state index in [1.54, 1.807) is 6.07 Å². The lowest BCUT2D eigenvalue weighted by molar-refractivity contribution is -0.137. The summed E-state index contributed by atoms with van der Waals surface area (Å²) >= 11 is 0.